The molecule has 1 saturated heterocycles. The van der Waals surface area contributed by atoms with Crippen molar-refractivity contribution in [2.24, 2.45) is 5.41 Å². The van der Waals surface area contributed by atoms with E-state index < -0.39 is 5.97 Å². The van der Waals surface area contributed by atoms with Gasteiger partial charge in [-0.25, -0.2) is 4.79 Å². The number of carbonyl (C=O) groups is 1. The molecule has 0 radical (unpaired) electrons. The molecular weight excluding hydrogens is 288 g/mol. The second kappa shape index (κ2) is 6.48. The zero-order valence-electron chi connectivity index (χ0n) is 14.8. The highest BCUT2D eigenvalue weighted by Crippen LogP contribution is 2.43. The summed E-state index contributed by atoms with van der Waals surface area (Å²) in [6.45, 7) is 10.7. The van der Waals surface area contributed by atoms with Crippen LogP contribution in [0.4, 0.5) is 0 Å². The van der Waals surface area contributed by atoms with Crippen molar-refractivity contribution >= 4 is 5.97 Å². The summed E-state index contributed by atoms with van der Waals surface area (Å²) in [5, 5.41) is 8.71. The number of carboxylic acid groups (broad SMARTS) is 1. The van der Waals surface area contributed by atoms with Crippen molar-refractivity contribution in [3.63, 3.8) is 0 Å². The Labute approximate surface area is 139 Å². The zero-order valence-corrected chi connectivity index (χ0v) is 14.8. The molecule has 0 aromatic heterocycles. The minimum absolute atomic E-state index is 0.0171. The van der Waals surface area contributed by atoms with E-state index in [1.165, 1.54) is 36.5 Å². The third kappa shape index (κ3) is 4.44. The van der Waals surface area contributed by atoms with Gasteiger partial charge in [0.05, 0.1) is 0 Å². The van der Waals surface area contributed by atoms with Crippen LogP contribution < -0.4 is 0 Å². The van der Waals surface area contributed by atoms with Crippen molar-refractivity contribution in [2.75, 3.05) is 0 Å². The van der Waals surface area contributed by atoms with Crippen LogP contribution in [-0.4, -0.2) is 22.8 Å². The maximum absolute atomic E-state index is 10.6. The average molecular weight is 316 g/mol. The second-order valence-corrected chi connectivity index (χ2v) is 7.57. The Balaban J connectivity index is 2.04. The Morgan fingerprint density at radius 1 is 1.35 bits per heavy atom. The van der Waals surface area contributed by atoms with Gasteiger partial charge in [-0.15, -0.1) is 0 Å². The fourth-order valence-electron chi connectivity index (χ4n) is 3.35. The molecule has 0 amide bonds. The predicted molar refractivity (Wildman–Crippen MR) is 93.3 cm³/mol. The number of ether oxygens (including phenoxy) is 1. The van der Waals surface area contributed by atoms with Crippen molar-refractivity contribution in [3.05, 3.63) is 47.1 Å². The molecule has 23 heavy (non-hydrogen) atoms. The van der Waals surface area contributed by atoms with Crippen LogP contribution in [-0.2, 0) is 9.53 Å². The quantitative estimate of drug-likeness (QED) is 0.450. The molecule has 0 spiro atoms. The molecule has 1 heterocycles. The summed E-state index contributed by atoms with van der Waals surface area (Å²) in [5.41, 5.74) is 3.59. The van der Waals surface area contributed by atoms with Gasteiger partial charge < -0.3 is 9.84 Å². The standard InChI is InChI=1S/C20H28O3/c1-14(13-18(21)22)8-9-17-20(5,23-17)12-10-16-15(2)7-6-11-19(16,3)4/h8-10,12-13,17H,6-7,11H2,1-5H3,(H,21,22)/b9-8+,12-10+,14-13+/t17-,20+/m1/s1. The first kappa shape index (κ1) is 17.7. The summed E-state index contributed by atoms with van der Waals surface area (Å²) < 4.78 is 5.78. The molecule has 126 valence electrons. The molecule has 2 rings (SSSR count). The smallest absolute Gasteiger partial charge is 0.328 e. The Hall–Kier alpha value is -1.61. The predicted octanol–water partition coefficient (Wildman–Crippen LogP) is 4.81. The van der Waals surface area contributed by atoms with E-state index in [4.69, 9.17) is 9.84 Å². The van der Waals surface area contributed by atoms with E-state index in [-0.39, 0.29) is 17.1 Å². The van der Waals surface area contributed by atoms with E-state index in [0.717, 1.165) is 0 Å². The van der Waals surface area contributed by atoms with Gasteiger partial charge in [-0.1, -0.05) is 37.6 Å². The summed E-state index contributed by atoms with van der Waals surface area (Å²) in [6, 6.07) is 0. The molecule has 0 aromatic rings. The highest BCUT2D eigenvalue weighted by Gasteiger charge is 2.48. The molecule has 0 aromatic carbocycles. The molecule has 2 aliphatic rings. The minimum Gasteiger partial charge on any atom is -0.478 e. The Morgan fingerprint density at radius 3 is 2.65 bits per heavy atom. The third-order valence-corrected chi connectivity index (χ3v) is 4.90. The summed E-state index contributed by atoms with van der Waals surface area (Å²) in [4.78, 5) is 10.6. The first-order valence-electron chi connectivity index (χ1n) is 8.31. The van der Waals surface area contributed by atoms with Crippen LogP contribution in [0.5, 0.6) is 0 Å². The van der Waals surface area contributed by atoms with Crippen molar-refractivity contribution in [1.82, 2.24) is 0 Å². The topological polar surface area (TPSA) is 49.8 Å². The molecule has 2 atom stereocenters. The van der Waals surface area contributed by atoms with Crippen LogP contribution in [0.15, 0.2) is 47.1 Å². The van der Waals surface area contributed by atoms with Crippen LogP contribution in [0.25, 0.3) is 0 Å². The Kier molecular flexibility index (Phi) is 5.00. The van der Waals surface area contributed by atoms with Crippen LogP contribution in [0.3, 0.4) is 0 Å². The first-order chi connectivity index (χ1) is 10.6. The number of aliphatic carboxylic acids is 1. The van der Waals surface area contributed by atoms with Gasteiger partial charge in [-0.2, -0.15) is 0 Å². The minimum atomic E-state index is -0.923. The molecular formula is C20H28O3. The van der Waals surface area contributed by atoms with Crippen LogP contribution >= 0.6 is 0 Å². The number of rotatable bonds is 5. The van der Waals surface area contributed by atoms with E-state index in [9.17, 15) is 4.79 Å². The van der Waals surface area contributed by atoms with Gasteiger partial charge in [0.2, 0.25) is 0 Å². The molecule has 0 saturated carbocycles. The van der Waals surface area contributed by atoms with Gasteiger partial charge in [-0.3, -0.25) is 0 Å². The molecule has 1 aliphatic carbocycles. The normalized spacial score (nSPS) is 31.2. The van der Waals surface area contributed by atoms with Crippen LogP contribution in [0, 0.1) is 5.41 Å². The summed E-state index contributed by atoms with van der Waals surface area (Å²) in [7, 11) is 0. The summed E-state index contributed by atoms with van der Waals surface area (Å²) in [6.07, 6.45) is 13.0. The highest BCUT2D eigenvalue weighted by molar-refractivity contribution is 5.81. The van der Waals surface area contributed by atoms with Gasteiger partial charge in [0.1, 0.15) is 11.7 Å². The lowest BCUT2D eigenvalue weighted by Gasteiger charge is -2.33. The number of allylic oxidation sites excluding steroid dienone is 5. The molecule has 1 N–H and O–H groups in total. The first-order valence-corrected chi connectivity index (χ1v) is 8.31. The Morgan fingerprint density at radius 2 is 2.04 bits per heavy atom. The maximum Gasteiger partial charge on any atom is 0.328 e. The van der Waals surface area contributed by atoms with E-state index in [1.54, 1.807) is 6.92 Å². The van der Waals surface area contributed by atoms with Crippen molar-refractivity contribution in [3.8, 4) is 0 Å². The van der Waals surface area contributed by atoms with E-state index in [2.05, 4.69) is 39.8 Å². The third-order valence-electron chi connectivity index (χ3n) is 4.90. The van der Waals surface area contributed by atoms with E-state index in [1.807, 2.05) is 12.2 Å². The average Bonchev–Trinajstić information content (AvgIpc) is 3.05. The van der Waals surface area contributed by atoms with Crippen LogP contribution in [0.1, 0.15) is 53.9 Å². The summed E-state index contributed by atoms with van der Waals surface area (Å²) >= 11 is 0. The number of carboxylic acids is 1. The summed E-state index contributed by atoms with van der Waals surface area (Å²) in [5.74, 6) is -0.923. The van der Waals surface area contributed by atoms with Gasteiger partial charge >= 0.3 is 5.97 Å². The molecule has 0 unspecified atom stereocenters. The van der Waals surface area contributed by atoms with Crippen molar-refractivity contribution < 1.29 is 14.6 Å². The highest BCUT2D eigenvalue weighted by atomic mass is 16.6. The fourth-order valence-corrected chi connectivity index (χ4v) is 3.35. The number of hydrogen-bond donors (Lipinski definition) is 1. The van der Waals surface area contributed by atoms with E-state index >= 15 is 0 Å². The van der Waals surface area contributed by atoms with Gasteiger partial charge in [0, 0.05) is 6.08 Å². The largest absolute Gasteiger partial charge is 0.478 e. The number of epoxide rings is 1. The lowest BCUT2D eigenvalue weighted by molar-refractivity contribution is -0.131. The van der Waals surface area contributed by atoms with Crippen molar-refractivity contribution in [1.29, 1.82) is 0 Å². The molecule has 1 aliphatic heterocycles. The van der Waals surface area contributed by atoms with E-state index in [0.29, 0.717) is 5.57 Å². The molecule has 3 heteroatoms. The molecule has 3 nitrogen and oxygen atoms in total. The number of hydrogen-bond acceptors (Lipinski definition) is 2. The second-order valence-electron chi connectivity index (χ2n) is 7.57. The SMILES string of the molecule is CC1=C(/C=C/[C@]2(C)O[C@@H]2/C=C/C(C)=C/C(=O)O)C(C)(C)CCC1. The lowest BCUT2D eigenvalue weighted by Crippen LogP contribution is -2.19. The van der Waals surface area contributed by atoms with Gasteiger partial charge in [-0.05, 0) is 62.7 Å². The molecule has 0 bridgehead atoms. The zero-order chi connectivity index (χ0) is 17.3. The van der Waals surface area contributed by atoms with Crippen LogP contribution in [0.2, 0.25) is 0 Å². The Bertz CT molecular complexity index is 604. The monoisotopic (exact) mass is 316 g/mol. The lowest BCUT2D eigenvalue weighted by atomic mass is 9.72. The van der Waals surface area contributed by atoms with Gasteiger partial charge in [0.15, 0.2) is 0 Å². The molecule has 1 fully saturated rings. The fraction of sp³-hybridized carbons (Fsp3) is 0.550. The van der Waals surface area contributed by atoms with Crippen molar-refractivity contribution in [2.45, 2.75) is 65.6 Å². The van der Waals surface area contributed by atoms with Gasteiger partial charge in [0.25, 0.3) is 0 Å². The maximum atomic E-state index is 10.6.